The molecule has 3 aromatic carbocycles. The van der Waals surface area contributed by atoms with E-state index in [0.29, 0.717) is 18.8 Å². The maximum atomic E-state index is 12.1. The lowest BCUT2D eigenvalue weighted by molar-refractivity contribution is 0.0319. The summed E-state index contributed by atoms with van der Waals surface area (Å²) < 4.78 is 10.6. The molecular weight excluding hydrogens is 288 g/mol. The Bertz CT molecular complexity index is 823. The van der Waals surface area contributed by atoms with Crippen LogP contribution in [0.5, 0.6) is 0 Å². The summed E-state index contributed by atoms with van der Waals surface area (Å²) in [6.45, 7) is 3.47. The number of rotatable bonds is 6. The highest BCUT2D eigenvalue weighted by Gasteiger charge is 2.08. The lowest BCUT2D eigenvalue weighted by atomic mass is 10.0. The van der Waals surface area contributed by atoms with E-state index < -0.39 is 0 Å². The van der Waals surface area contributed by atoms with Crippen molar-refractivity contribution in [2.45, 2.75) is 13.3 Å². The zero-order valence-corrected chi connectivity index (χ0v) is 13.2. The van der Waals surface area contributed by atoms with Crippen molar-refractivity contribution < 1.29 is 14.3 Å². The molecular formula is C20H20O3. The van der Waals surface area contributed by atoms with E-state index in [1.165, 1.54) is 10.8 Å². The van der Waals surface area contributed by atoms with Crippen molar-refractivity contribution in [3.8, 4) is 0 Å². The Hall–Kier alpha value is -2.39. The number of carbonyl (C=O) groups is 1. The van der Waals surface area contributed by atoms with Gasteiger partial charge in [0.05, 0.1) is 12.2 Å². The lowest BCUT2D eigenvalue weighted by Crippen LogP contribution is -2.11. The Labute approximate surface area is 135 Å². The van der Waals surface area contributed by atoms with Crippen LogP contribution < -0.4 is 0 Å². The van der Waals surface area contributed by atoms with Gasteiger partial charge in [0, 0.05) is 6.61 Å². The first-order valence-corrected chi connectivity index (χ1v) is 7.95. The first kappa shape index (κ1) is 15.5. The van der Waals surface area contributed by atoms with E-state index >= 15 is 0 Å². The summed E-state index contributed by atoms with van der Waals surface area (Å²) >= 11 is 0. The monoisotopic (exact) mass is 308 g/mol. The predicted octanol–water partition coefficient (Wildman–Crippen LogP) is 4.58. The van der Waals surface area contributed by atoms with Crippen molar-refractivity contribution in [3.63, 3.8) is 0 Å². The first-order valence-electron chi connectivity index (χ1n) is 7.95. The van der Waals surface area contributed by atoms with E-state index in [0.717, 1.165) is 17.2 Å². The highest BCUT2D eigenvalue weighted by atomic mass is 16.6. The molecule has 23 heavy (non-hydrogen) atoms. The molecule has 0 radical (unpaired) electrons. The van der Waals surface area contributed by atoms with E-state index in [9.17, 15) is 4.79 Å². The molecule has 0 bridgehead atoms. The van der Waals surface area contributed by atoms with Gasteiger partial charge in [-0.05, 0) is 52.2 Å². The number of fused-ring (bicyclic) bond motifs is 2. The van der Waals surface area contributed by atoms with Crippen molar-refractivity contribution in [1.82, 2.24) is 0 Å². The van der Waals surface area contributed by atoms with Crippen molar-refractivity contribution in [3.05, 3.63) is 60.2 Å². The van der Waals surface area contributed by atoms with Crippen LogP contribution in [0.25, 0.3) is 21.5 Å². The highest BCUT2D eigenvalue weighted by Crippen LogP contribution is 2.24. The zero-order valence-electron chi connectivity index (χ0n) is 13.2. The normalized spacial score (nSPS) is 11.0. The molecule has 0 aliphatic carbocycles. The second kappa shape index (κ2) is 7.25. The van der Waals surface area contributed by atoms with Gasteiger partial charge in [-0.25, -0.2) is 4.79 Å². The fraction of sp³-hybridized carbons (Fsp3) is 0.250. The van der Waals surface area contributed by atoms with Crippen LogP contribution in [0.2, 0.25) is 0 Å². The van der Waals surface area contributed by atoms with Gasteiger partial charge in [-0.3, -0.25) is 0 Å². The van der Waals surface area contributed by atoms with Gasteiger partial charge in [0.25, 0.3) is 0 Å². The number of benzene rings is 3. The molecule has 0 fully saturated rings. The first-order chi connectivity index (χ1) is 11.3. The molecule has 3 heteroatoms. The summed E-state index contributed by atoms with van der Waals surface area (Å²) in [6.07, 6.45) is 0.965. The highest BCUT2D eigenvalue weighted by molar-refractivity contribution is 6.01. The summed E-state index contributed by atoms with van der Waals surface area (Å²) in [5, 5.41) is 4.52. The van der Waals surface area contributed by atoms with Crippen LogP contribution in [-0.2, 0) is 9.47 Å². The Morgan fingerprint density at radius 1 is 0.826 bits per heavy atom. The molecule has 0 amide bonds. The smallest absolute Gasteiger partial charge is 0.338 e. The fourth-order valence-electron chi connectivity index (χ4n) is 2.59. The summed E-state index contributed by atoms with van der Waals surface area (Å²) in [7, 11) is 0. The number of esters is 1. The van der Waals surface area contributed by atoms with Crippen LogP contribution >= 0.6 is 0 Å². The molecule has 0 spiro atoms. The van der Waals surface area contributed by atoms with Gasteiger partial charge in [-0.1, -0.05) is 37.3 Å². The second-order valence-corrected chi connectivity index (χ2v) is 5.51. The quantitative estimate of drug-likeness (QED) is 0.380. The van der Waals surface area contributed by atoms with Gasteiger partial charge < -0.3 is 9.47 Å². The molecule has 3 aromatic rings. The molecule has 0 aliphatic heterocycles. The second-order valence-electron chi connectivity index (χ2n) is 5.51. The van der Waals surface area contributed by atoms with Crippen LogP contribution in [0.1, 0.15) is 23.7 Å². The van der Waals surface area contributed by atoms with Gasteiger partial charge in [-0.15, -0.1) is 0 Å². The van der Waals surface area contributed by atoms with Gasteiger partial charge in [0.1, 0.15) is 6.61 Å². The standard InChI is InChI=1S/C20H20O3/c1-2-9-22-10-11-23-20(21)18-8-7-17-12-15-5-3-4-6-16(15)13-19(17)14-18/h3-8,12-14H,2,9-11H2,1H3. The molecule has 3 nitrogen and oxygen atoms in total. The Morgan fingerprint density at radius 2 is 1.52 bits per heavy atom. The minimum atomic E-state index is -0.305. The van der Waals surface area contributed by atoms with Gasteiger partial charge in [-0.2, -0.15) is 0 Å². The van der Waals surface area contributed by atoms with E-state index in [2.05, 4.69) is 24.3 Å². The predicted molar refractivity (Wildman–Crippen MR) is 92.8 cm³/mol. The summed E-state index contributed by atoms with van der Waals surface area (Å²) in [4.78, 5) is 12.1. The van der Waals surface area contributed by atoms with Crippen molar-refractivity contribution in [2.75, 3.05) is 19.8 Å². The van der Waals surface area contributed by atoms with E-state index in [4.69, 9.17) is 9.47 Å². The van der Waals surface area contributed by atoms with Crippen LogP contribution in [0.3, 0.4) is 0 Å². The molecule has 118 valence electrons. The molecule has 0 saturated carbocycles. The van der Waals surface area contributed by atoms with E-state index in [1.807, 2.05) is 37.3 Å². The third-order valence-electron chi connectivity index (χ3n) is 3.75. The van der Waals surface area contributed by atoms with Gasteiger partial charge >= 0.3 is 5.97 Å². The average molecular weight is 308 g/mol. The van der Waals surface area contributed by atoms with Crippen LogP contribution in [0.4, 0.5) is 0 Å². The van der Waals surface area contributed by atoms with Crippen LogP contribution in [-0.4, -0.2) is 25.8 Å². The molecule has 0 heterocycles. The number of hydrogen-bond acceptors (Lipinski definition) is 3. The maximum absolute atomic E-state index is 12.1. The Balaban J connectivity index is 1.76. The summed E-state index contributed by atoms with van der Waals surface area (Å²) in [6, 6.07) is 18.1. The van der Waals surface area contributed by atoms with Gasteiger partial charge in [0.15, 0.2) is 0 Å². The Morgan fingerprint density at radius 3 is 2.26 bits per heavy atom. The molecule has 0 saturated heterocycles. The Kier molecular flexibility index (Phi) is 4.89. The van der Waals surface area contributed by atoms with Crippen LogP contribution in [0, 0.1) is 0 Å². The summed E-state index contributed by atoms with van der Waals surface area (Å²) in [5.41, 5.74) is 0.572. The number of ether oxygens (including phenoxy) is 2. The van der Waals surface area contributed by atoms with Crippen molar-refractivity contribution >= 4 is 27.5 Å². The third-order valence-corrected chi connectivity index (χ3v) is 3.75. The SMILES string of the molecule is CCCOCCOC(=O)c1ccc2cc3ccccc3cc2c1. The minimum absolute atomic E-state index is 0.286. The number of carbonyl (C=O) groups excluding carboxylic acids is 1. The minimum Gasteiger partial charge on any atom is -0.460 e. The van der Waals surface area contributed by atoms with E-state index in [1.54, 1.807) is 0 Å². The topological polar surface area (TPSA) is 35.5 Å². The molecule has 0 aliphatic rings. The largest absolute Gasteiger partial charge is 0.460 e. The van der Waals surface area contributed by atoms with Crippen LogP contribution in [0.15, 0.2) is 54.6 Å². The van der Waals surface area contributed by atoms with Gasteiger partial charge in [0.2, 0.25) is 0 Å². The van der Waals surface area contributed by atoms with Crippen molar-refractivity contribution in [2.24, 2.45) is 0 Å². The number of hydrogen-bond donors (Lipinski definition) is 0. The van der Waals surface area contributed by atoms with Crippen molar-refractivity contribution in [1.29, 1.82) is 0 Å². The fourth-order valence-corrected chi connectivity index (χ4v) is 2.59. The molecule has 0 atom stereocenters. The maximum Gasteiger partial charge on any atom is 0.338 e. The zero-order chi connectivity index (χ0) is 16.1. The molecule has 0 unspecified atom stereocenters. The summed E-state index contributed by atoms with van der Waals surface area (Å²) in [5.74, 6) is -0.305. The lowest BCUT2D eigenvalue weighted by Gasteiger charge is -2.07. The molecule has 0 N–H and O–H groups in total. The third kappa shape index (κ3) is 3.69. The van der Waals surface area contributed by atoms with E-state index in [-0.39, 0.29) is 12.6 Å². The molecule has 0 aromatic heterocycles. The average Bonchev–Trinajstić information content (AvgIpc) is 2.59. The molecule has 3 rings (SSSR count).